The van der Waals surface area contributed by atoms with Gasteiger partial charge in [-0.1, -0.05) is 24.4 Å². The van der Waals surface area contributed by atoms with Crippen molar-refractivity contribution < 1.29 is 9.21 Å². The molecule has 5 heteroatoms. The van der Waals surface area contributed by atoms with E-state index in [0.29, 0.717) is 17.3 Å². The number of carbonyl (C=O) groups excluding carboxylic acids is 1. The molecule has 0 radical (unpaired) electrons. The molecule has 0 spiro atoms. The minimum Gasteiger partial charge on any atom is -0.440 e. The molecular weight excluding hydrogens is 224 g/mol. The van der Waals surface area contributed by atoms with Crippen molar-refractivity contribution in [1.82, 2.24) is 10.3 Å². The summed E-state index contributed by atoms with van der Waals surface area (Å²) in [6.07, 6.45) is 0.325. The largest absolute Gasteiger partial charge is 0.440 e. The highest BCUT2D eigenvalue weighted by Crippen LogP contribution is 2.27. The summed E-state index contributed by atoms with van der Waals surface area (Å²) in [6, 6.07) is 7.49. The molecule has 0 aliphatic carbocycles. The normalized spacial score (nSPS) is 20.4. The Kier molecular flexibility index (Phi) is 2.00. The van der Waals surface area contributed by atoms with E-state index in [4.69, 9.17) is 16.6 Å². The molecule has 2 aromatic rings. The van der Waals surface area contributed by atoms with Gasteiger partial charge in [-0.3, -0.25) is 4.79 Å². The fourth-order valence-electron chi connectivity index (χ4n) is 1.79. The number of fused-ring (bicyclic) bond motifs is 1. The SMILES string of the molecule is O=C1CC(c2nc3ccccc3o2)C(=S)N1. The molecule has 1 atom stereocenters. The molecule has 4 nitrogen and oxygen atoms in total. The van der Waals surface area contributed by atoms with Crippen LogP contribution >= 0.6 is 12.2 Å². The van der Waals surface area contributed by atoms with E-state index in [0.717, 1.165) is 11.1 Å². The summed E-state index contributed by atoms with van der Waals surface area (Å²) in [5.41, 5.74) is 1.51. The van der Waals surface area contributed by atoms with Crippen LogP contribution in [0.1, 0.15) is 18.2 Å². The fourth-order valence-corrected chi connectivity index (χ4v) is 2.09. The lowest BCUT2D eigenvalue weighted by molar-refractivity contribution is -0.118. The van der Waals surface area contributed by atoms with Gasteiger partial charge >= 0.3 is 0 Å². The summed E-state index contributed by atoms with van der Waals surface area (Å²) in [4.78, 5) is 16.0. The lowest BCUT2D eigenvalue weighted by atomic mass is 10.1. The maximum Gasteiger partial charge on any atom is 0.226 e. The van der Waals surface area contributed by atoms with E-state index in [-0.39, 0.29) is 11.8 Å². The summed E-state index contributed by atoms with van der Waals surface area (Å²) in [5, 5.41) is 2.60. The van der Waals surface area contributed by atoms with Gasteiger partial charge in [0.05, 0.1) is 10.9 Å². The second-order valence-electron chi connectivity index (χ2n) is 3.69. The summed E-state index contributed by atoms with van der Waals surface area (Å²) in [7, 11) is 0. The summed E-state index contributed by atoms with van der Waals surface area (Å²) < 4.78 is 5.58. The molecule has 1 aromatic carbocycles. The van der Waals surface area contributed by atoms with Crippen molar-refractivity contribution in [2.45, 2.75) is 12.3 Å². The van der Waals surface area contributed by atoms with E-state index in [2.05, 4.69) is 10.3 Å². The van der Waals surface area contributed by atoms with Crippen LogP contribution in [0.25, 0.3) is 11.1 Å². The third kappa shape index (κ3) is 1.40. The molecule has 1 fully saturated rings. The van der Waals surface area contributed by atoms with Crippen LogP contribution in [-0.4, -0.2) is 15.9 Å². The highest BCUT2D eigenvalue weighted by molar-refractivity contribution is 7.80. The van der Waals surface area contributed by atoms with Crippen LogP contribution in [-0.2, 0) is 4.79 Å². The number of carbonyl (C=O) groups is 1. The Hall–Kier alpha value is -1.75. The Morgan fingerprint density at radius 3 is 2.94 bits per heavy atom. The van der Waals surface area contributed by atoms with Crippen LogP contribution in [0, 0.1) is 0 Å². The Labute approximate surface area is 96.7 Å². The predicted molar refractivity (Wildman–Crippen MR) is 62.1 cm³/mol. The van der Waals surface area contributed by atoms with Crippen molar-refractivity contribution in [3.05, 3.63) is 30.2 Å². The summed E-state index contributed by atoms with van der Waals surface area (Å²) >= 11 is 5.07. The standard InChI is InChI=1S/C11H8N2O2S/c14-9-5-6(11(16)13-9)10-12-7-3-1-2-4-8(7)15-10/h1-4,6H,5H2,(H,13,14,16). The molecule has 1 aromatic heterocycles. The first kappa shape index (κ1) is 9.47. The number of rotatable bonds is 1. The Morgan fingerprint density at radius 2 is 2.25 bits per heavy atom. The zero-order valence-corrected chi connectivity index (χ0v) is 9.08. The summed E-state index contributed by atoms with van der Waals surface area (Å²) in [6.45, 7) is 0. The van der Waals surface area contributed by atoms with Crippen LogP contribution in [0.3, 0.4) is 0 Å². The van der Waals surface area contributed by atoms with Gasteiger partial charge in [0.1, 0.15) is 5.52 Å². The van der Waals surface area contributed by atoms with Crippen LogP contribution in [0.5, 0.6) is 0 Å². The molecule has 1 amide bonds. The molecule has 2 heterocycles. The van der Waals surface area contributed by atoms with Gasteiger partial charge in [-0.15, -0.1) is 0 Å². The Bertz CT molecular complexity index is 557. The second kappa shape index (κ2) is 3.38. The zero-order valence-electron chi connectivity index (χ0n) is 8.27. The molecule has 1 N–H and O–H groups in total. The van der Waals surface area contributed by atoms with Crippen LogP contribution < -0.4 is 5.32 Å². The number of amides is 1. The lowest BCUT2D eigenvalue weighted by Crippen LogP contribution is -2.19. The molecule has 80 valence electrons. The number of oxazole rings is 1. The van der Waals surface area contributed by atoms with Crippen molar-refractivity contribution in [1.29, 1.82) is 0 Å². The highest BCUT2D eigenvalue weighted by atomic mass is 32.1. The van der Waals surface area contributed by atoms with Crippen molar-refractivity contribution >= 4 is 34.2 Å². The zero-order chi connectivity index (χ0) is 11.1. The average molecular weight is 232 g/mol. The Balaban J connectivity index is 2.06. The van der Waals surface area contributed by atoms with Gasteiger partial charge in [-0.25, -0.2) is 4.98 Å². The first-order chi connectivity index (χ1) is 7.74. The predicted octanol–water partition coefficient (Wildman–Crippen LogP) is 1.76. The van der Waals surface area contributed by atoms with Crippen LogP contribution in [0.4, 0.5) is 0 Å². The minimum absolute atomic E-state index is 0.0720. The Morgan fingerprint density at radius 1 is 1.44 bits per heavy atom. The smallest absolute Gasteiger partial charge is 0.226 e. The van der Waals surface area contributed by atoms with Crippen LogP contribution in [0.15, 0.2) is 28.7 Å². The minimum atomic E-state index is -0.213. The third-order valence-electron chi connectivity index (χ3n) is 2.58. The molecule has 1 aliphatic rings. The highest BCUT2D eigenvalue weighted by Gasteiger charge is 2.32. The van der Waals surface area contributed by atoms with Gasteiger partial charge in [0.25, 0.3) is 0 Å². The number of para-hydroxylation sites is 2. The van der Waals surface area contributed by atoms with E-state index in [9.17, 15) is 4.79 Å². The molecule has 3 rings (SSSR count). The number of nitrogens with zero attached hydrogens (tertiary/aromatic N) is 1. The molecule has 1 aliphatic heterocycles. The van der Waals surface area contributed by atoms with Crippen molar-refractivity contribution in [3.8, 4) is 0 Å². The van der Waals surface area contributed by atoms with Crippen molar-refractivity contribution in [3.63, 3.8) is 0 Å². The topological polar surface area (TPSA) is 55.1 Å². The average Bonchev–Trinajstić information content (AvgIpc) is 2.81. The number of benzene rings is 1. The molecule has 16 heavy (non-hydrogen) atoms. The quantitative estimate of drug-likeness (QED) is 0.761. The second-order valence-corrected chi connectivity index (χ2v) is 4.13. The molecule has 0 saturated carbocycles. The summed E-state index contributed by atoms with van der Waals surface area (Å²) in [5.74, 6) is 0.233. The van der Waals surface area contributed by atoms with E-state index in [1.165, 1.54) is 0 Å². The number of nitrogens with one attached hydrogen (secondary N) is 1. The third-order valence-corrected chi connectivity index (χ3v) is 2.96. The maximum atomic E-state index is 11.2. The number of hydrogen-bond acceptors (Lipinski definition) is 4. The van der Waals surface area contributed by atoms with E-state index >= 15 is 0 Å². The van der Waals surface area contributed by atoms with Gasteiger partial charge in [0.2, 0.25) is 11.8 Å². The molecule has 0 bridgehead atoms. The molecule has 1 unspecified atom stereocenters. The number of hydrogen-bond donors (Lipinski definition) is 1. The van der Waals surface area contributed by atoms with Gasteiger partial charge in [0, 0.05) is 6.42 Å². The van der Waals surface area contributed by atoms with Gasteiger partial charge < -0.3 is 9.73 Å². The van der Waals surface area contributed by atoms with Gasteiger partial charge in [-0.05, 0) is 12.1 Å². The first-order valence-corrected chi connectivity index (χ1v) is 5.34. The monoisotopic (exact) mass is 232 g/mol. The fraction of sp³-hybridized carbons (Fsp3) is 0.182. The number of aromatic nitrogens is 1. The first-order valence-electron chi connectivity index (χ1n) is 4.93. The lowest BCUT2D eigenvalue weighted by Gasteiger charge is -2.00. The molecular formula is C11H8N2O2S. The van der Waals surface area contributed by atoms with Gasteiger partial charge in [-0.2, -0.15) is 0 Å². The molecule has 1 saturated heterocycles. The van der Waals surface area contributed by atoms with Crippen LogP contribution in [0.2, 0.25) is 0 Å². The maximum absolute atomic E-state index is 11.2. The number of thiocarbonyl (C=S) groups is 1. The van der Waals surface area contributed by atoms with Gasteiger partial charge in [0.15, 0.2) is 5.58 Å². The van der Waals surface area contributed by atoms with E-state index < -0.39 is 0 Å². The van der Waals surface area contributed by atoms with Crippen molar-refractivity contribution in [2.75, 3.05) is 0 Å². The van der Waals surface area contributed by atoms with E-state index in [1.54, 1.807) is 0 Å². The van der Waals surface area contributed by atoms with Crippen molar-refractivity contribution in [2.24, 2.45) is 0 Å². The van der Waals surface area contributed by atoms with E-state index in [1.807, 2.05) is 24.3 Å².